The van der Waals surface area contributed by atoms with E-state index >= 15 is 0 Å². The average molecular weight is 283 g/mol. The van der Waals surface area contributed by atoms with E-state index in [9.17, 15) is 9.59 Å². The predicted molar refractivity (Wildman–Crippen MR) is 75.3 cm³/mol. The molecule has 0 radical (unpaired) electrons. The molecule has 1 aliphatic carbocycles. The number of nitrogens with zero attached hydrogens (tertiary/aromatic N) is 2. The second kappa shape index (κ2) is 7.59. The van der Waals surface area contributed by atoms with E-state index in [4.69, 9.17) is 4.74 Å². The van der Waals surface area contributed by atoms with Gasteiger partial charge in [0.1, 0.15) is 0 Å². The second-order valence-corrected chi connectivity index (χ2v) is 5.50. The summed E-state index contributed by atoms with van der Waals surface area (Å²) in [6, 6.07) is 0.383. The van der Waals surface area contributed by atoms with Crippen molar-refractivity contribution in [1.82, 2.24) is 15.1 Å². The number of amides is 2. The first-order valence-corrected chi connectivity index (χ1v) is 7.51. The van der Waals surface area contributed by atoms with Gasteiger partial charge in [-0.2, -0.15) is 0 Å². The molecule has 6 heteroatoms. The van der Waals surface area contributed by atoms with Crippen LogP contribution in [-0.2, 0) is 14.3 Å². The fraction of sp³-hybridized carbons (Fsp3) is 0.857. The molecule has 2 fully saturated rings. The third kappa shape index (κ3) is 5.09. The van der Waals surface area contributed by atoms with Crippen LogP contribution in [0.15, 0.2) is 0 Å². The largest absolute Gasteiger partial charge is 0.379 e. The summed E-state index contributed by atoms with van der Waals surface area (Å²) in [5.41, 5.74) is 0. The van der Waals surface area contributed by atoms with Crippen molar-refractivity contribution >= 4 is 11.8 Å². The normalized spacial score (nSPS) is 19.6. The minimum atomic E-state index is 0.0326. The first-order valence-electron chi connectivity index (χ1n) is 7.51. The molecule has 1 heterocycles. The highest BCUT2D eigenvalue weighted by Gasteiger charge is 2.30. The molecule has 114 valence electrons. The van der Waals surface area contributed by atoms with Crippen LogP contribution < -0.4 is 5.32 Å². The summed E-state index contributed by atoms with van der Waals surface area (Å²) in [5.74, 6) is 0.110. The van der Waals surface area contributed by atoms with Gasteiger partial charge in [0.2, 0.25) is 11.8 Å². The Labute approximate surface area is 120 Å². The van der Waals surface area contributed by atoms with Crippen LogP contribution in [0.25, 0.3) is 0 Å². The highest BCUT2D eigenvalue weighted by atomic mass is 16.5. The SMILES string of the molecule is CC(=O)N(CCC(=O)NCCN1CCOCC1)C1CC1. The van der Waals surface area contributed by atoms with Gasteiger partial charge in [-0.1, -0.05) is 0 Å². The van der Waals surface area contributed by atoms with Crippen molar-refractivity contribution < 1.29 is 14.3 Å². The Morgan fingerprint density at radius 2 is 2.00 bits per heavy atom. The fourth-order valence-electron chi connectivity index (χ4n) is 2.47. The van der Waals surface area contributed by atoms with Gasteiger partial charge in [0.05, 0.1) is 13.2 Å². The van der Waals surface area contributed by atoms with Crippen LogP contribution in [0.1, 0.15) is 26.2 Å². The van der Waals surface area contributed by atoms with E-state index < -0.39 is 0 Å². The highest BCUT2D eigenvalue weighted by Crippen LogP contribution is 2.26. The van der Waals surface area contributed by atoms with E-state index in [-0.39, 0.29) is 11.8 Å². The van der Waals surface area contributed by atoms with E-state index in [0.717, 1.165) is 45.7 Å². The number of hydrogen-bond donors (Lipinski definition) is 1. The number of ether oxygens (including phenoxy) is 1. The lowest BCUT2D eigenvalue weighted by atomic mass is 10.3. The Bertz CT molecular complexity index is 339. The monoisotopic (exact) mass is 283 g/mol. The van der Waals surface area contributed by atoms with E-state index in [2.05, 4.69) is 10.2 Å². The summed E-state index contributed by atoms with van der Waals surface area (Å²) in [5, 5.41) is 2.92. The van der Waals surface area contributed by atoms with Gasteiger partial charge in [0.25, 0.3) is 0 Å². The van der Waals surface area contributed by atoms with Crippen molar-refractivity contribution in [3.63, 3.8) is 0 Å². The molecule has 20 heavy (non-hydrogen) atoms. The van der Waals surface area contributed by atoms with E-state index in [1.54, 1.807) is 6.92 Å². The van der Waals surface area contributed by atoms with Gasteiger partial charge in [-0.15, -0.1) is 0 Å². The summed E-state index contributed by atoms with van der Waals surface area (Å²) in [4.78, 5) is 27.3. The molecule has 2 amide bonds. The zero-order valence-corrected chi connectivity index (χ0v) is 12.3. The number of hydrogen-bond acceptors (Lipinski definition) is 4. The van der Waals surface area contributed by atoms with E-state index in [0.29, 0.717) is 25.6 Å². The van der Waals surface area contributed by atoms with Gasteiger partial charge >= 0.3 is 0 Å². The maximum absolute atomic E-state index is 11.8. The minimum Gasteiger partial charge on any atom is -0.379 e. The second-order valence-electron chi connectivity index (χ2n) is 5.50. The van der Waals surface area contributed by atoms with Crippen molar-refractivity contribution in [2.24, 2.45) is 0 Å². The zero-order valence-electron chi connectivity index (χ0n) is 12.3. The van der Waals surface area contributed by atoms with Crippen LogP contribution >= 0.6 is 0 Å². The molecule has 6 nitrogen and oxygen atoms in total. The molecule has 2 rings (SSSR count). The summed E-state index contributed by atoms with van der Waals surface area (Å²) < 4.78 is 5.28. The Morgan fingerprint density at radius 3 is 2.60 bits per heavy atom. The molecule has 0 spiro atoms. The lowest BCUT2D eigenvalue weighted by molar-refractivity contribution is -0.130. The molecule has 1 saturated carbocycles. The molecule has 1 N–H and O–H groups in total. The lowest BCUT2D eigenvalue weighted by Gasteiger charge is -2.26. The van der Waals surface area contributed by atoms with Crippen LogP contribution in [0, 0.1) is 0 Å². The predicted octanol–water partition coefficient (Wildman–Crippen LogP) is -0.164. The Kier molecular flexibility index (Phi) is 5.79. The molecule has 1 saturated heterocycles. The molecule has 0 aromatic rings. The Balaban J connectivity index is 1.56. The smallest absolute Gasteiger partial charge is 0.221 e. The van der Waals surface area contributed by atoms with Crippen LogP contribution in [0.4, 0.5) is 0 Å². The first kappa shape index (κ1) is 15.3. The third-order valence-electron chi connectivity index (χ3n) is 3.83. The summed E-state index contributed by atoms with van der Waals surface area (Å²) >= 11 is 0. The molecule has 0 aromatic heterocycles. The summed E-state index contributed by atoms with van der Waals surface area (Å²) in [7, 11) is 0. The van der Waals surface area contributed by atoms with Crippen molar-refractivity contribution in [2.45, 2.75) is 32.2 Å². The van der Waals surface area contributed by atoms with Crippen LogP contribution in [0.5, 0.6) is 0 Å². The number of carbonyl (C=O) groups excluding carboxylic acids is 2. The van der Waals surface area contributed by atoms with Crippen molar-refractivity contribution in [3.8, 4) is 0 Å². The molecular weight excluding hydrogens is 258 g/mol. The molecular formula is C14H25N3O3. The van der Waals surface area contributed by atoms with Gasteiger partial charge in [-0.05, 0) is 12.8 Å². The number of nitrogens with one attached hydrogen (secondary N) is 1. The molecule has 0 unspecified atom stereocenters. The van der Waals surface area contributed by atoms with Gasteiger partial charge < -0.3 is 15.0 Å². The maximum atomic E-state index is 11.8. The van der Waals surface area contributed by atoms with Crippen molar-refractivity contribution in [1.29, 1.82) is 0 Å². The third-order valence-corrected chi connectivity index (χ3v) is 3.83. The topological polar surface area (TPSA) is 61.9 Å². The quantitative estimate of drug-likeness (QED) is 0.705. The Hall–Kier alpha value is -1.14. The zero-order chi connectivity index (χ0) is 14.4. The van der Waals surface area contributed by atoms with E-state index in [1.807, 2.05) is 4.90 Å². The van der Waals surface area contributed by atoms with Gasteiger partial charge in [0.15, 0.2) is 0 Å². The molecule has 0 atom stereocenters. The first-order chi connectivity index (χ1) is 9.66. The fourth-order valence-corrected chi connectivity index (χ4v) is 2.47. The number of rotatable bonds is 7. The average Bonchev–Trinajstić information content (AvgIpc) is 3.24. The molecule has 0 bridgehead atoms. The van der Waals surface area contributed by atoms with E-state index in [1.165, 1.54) is 0 Å². The standard InChI is InChI=1S/C14H25N3O3/c1-12(18)17(13-2-3-13)6-4-14(19)15-5-7-16-8-10-20-11-9-16/h13H,2-11H2,1H3,(H,15,19). The minimum absolute atomic E-state index is 0.0326. The lowest BCUT2D eigenvalue weighted by Crippen LogP contribution is -2.42. The summed E-state index contributed by atoms with van der Waals surface area (Å²) in [6.45, 7) is 7.10. The van der Waals surface area contributed by atoms with Crippen LogP contribution in [-0.4, -0.2) is 73.6 Å². The van der Waals surface area contributed by atoms with Gasteiger partial charge in [-0.3, -0.25) is 14.5 Å². The molecule has 0 aromatic carbocycles. The molecule has 2 aliphatic rings. The van der Waals surface area contributed by atoms with Crippen LogP contribution in [0.2, 0.25) is 0 Å². The van der Waals surface area contributed by atoms with Crippen molar-refractivity contribution in [2.75, 3.05) is 45.9 Å². The van der Waals surface area contributed by atoms with Gasteiger partial charge in [-0.25, -0.2) is 0 Å². The Morgan fingerprint density at radius 1 is 1.30 bits per heavy atom. The summed E-state index contributed by atoms with van der Waals surface area (Å²) in [6.07, 6.45) is 2.57. The van der Waals surface area contributed by atoms with Gasteiger partial charge in [0, 0.05) is 52.1 Å². The number of carbonyl (C=O) groups is 2. The van der Waals surface area contributed by atoms with Crippen LogP contribution in [0.3, 0.4) is 0 Å². The highest BCUT2D eigenvalue weighted by molar-refractivity contribution is 5.78. The maximum Gasteiger partial charge on any atom is 0.221 e. The molecule has 1 aliphatic heterocycles. The number of morpholine rings is 1. The van der Waals surface area contributed by atoms with Crippen molar-refractivity contribution in [3.05, 3.63) is 0 Å².